The van der Waals surface area contributed by atoms with E-state index in [0.717, 1.165) is 0 Å². The third-order valence-corrected chi connectivity index (χ3v) is 1.46. The van der Waals surface area contributed by atoms with Crippen molar-refractivity contribution in [3.8, 4) is 0 Å². The monoisotopic (exact) mass is 171 g/mol. The van der Waals surface area contributed by atoms with Crippen molar-refractivity contribution >= 4 is 17.4 Å². The molecular weight excluding hydrogens is 162 g/mol. The molecule has 0 amide bonds. The second-order valence-electron chi connectivity index (χ2n) is 1.92. The maximum Gasteiger partial charge on any atom is 0.177 e. The van der Waals surface area contributed by atoms with Gasteiger partial charge < -0.3 is 6.15 Å². The molecule has 0 atom stereocenters. The lowest BCUT2D eigenvalue weighted by atomic mass is 10.2. The SMILES string of the molecule is N.O=C(CCl)c1ccccc1. The summed E-state index contributed by atoms with van der Waals surface area (Å²) in [5.41, 5.74) is 0.678. The maximum atomic E-state index is 10.9. The fourth-order valence-electron chi connectivity index (χ4n) is 0.701. The van der Waals surface area contributed by atoms with Crippen LogP contribution < -0.4 is 6.15 Å². The largest absolute Gasteiger partial charge is 0.344 e. The number of rotatable bonds is 2. The molecule has 2 nitrogen and oxygen atoms in total. The molecule has 0 heterocycles. The molecule has 0 aliphatic rings. The molecule has 1 rings (SSSR count). The fraction of sp³-hybridized carbons (Fsp3) is 0.125. The fourth-order valence-corrected chi connectivity index (χ4v) is 0.856. The van der Waals surface area contributed by atoms with Gasteiger partial charge in [-0.15, -0.1) is 11.6 Å². The summed E-state index contributed by atoms with van der Waals surface area (Å²) in [6, 6.07) is 9.01. The summed E-state index contributed by atoms with van der Waals surface area (Å²) in [6.07, 6.45) is 0. The van der Waals surface area contributed by atoms with Gasteiger partial charge in [0.1, 0.15) is 0 Å². The summed E-state index contributed by atoms with van der Waals surface area (Å²) in [4.78, 5) is 10.9. The van der Waals surface area contributed by atoms with E-state index in [9.17, 15) is 4.79 Å². The lowest BCUT2D eigenvalue weighted by Gasteiger charge is -1.92. The van der Waals surface area contributed by atoms with E-state index in [1.807, 2.05) is 18.2 Å². The van der Waals surface area contributed by atoms with E-state index < -0.39 is 0 Å². The first-order valence-corrected chi connectivity index (χ1v) is 3.52. The first kappa shape index (κ1) is 10.1. The number of carbonyl (C=O) groups is 1. The number of hydrogen-bond donors (Lipinski definition) is 1. The van der Waals surface area contributed by atoms with Crippen LogP contribution in [0.2, 0.25) is 0 Å². The van der Waals surface area contributed by atoms with Gasteiger partial charge in [-0.2, -0.15) is 0 Å². The summed E-state index contributed by atoms with van der Waals surface area (Å²) in [7, 11) is 0. The van der Waals surface area contributed by atoms with Crippen LogP contribution in [0.3, 0.4) is 0 Å². The van der Waals surface area contributed by atoms with E-state index in [2.05, 4.69) is 0 Å². The Kier molecular flexibility index (Phi) is 4.50. The van der Waals surface area contributed by atoms with Gasteiger partial charge in [0.05, 0.1) is 5.88 Å². The second kappa shape index (κ2) is 4.88. The Hall–Kier alpha value is -0.860. The molecule has 1 aromatic rings. The van der Waals surface area contributed by atoms with Gasteiger partial charge in [0.15, 0.2) is 5.78 Å². The van der Waals surface area contributed by atoms with E-state index >= 15 is 0 Å². The summed E-state index contributed by atoms with van der Waals surface area (Å²) < 4.78 is 0. The standard InChI is InChI=1S/C8H7ClO.H3N/c9-6-8(10)7-4-2-1-3-5-7;/h1-5H,6H2;1H3. The lowest BCUT2D eigenvalue weighted by Crippen LogP contribution is -1.98. The highest BCUT2D eigenvalue weighted by atomic mass is 35.5. The Morgan fingerprint density at radius 2 is 1.82 bits per heavy atom. The number of benzene rings is 1. The van der Waals surface area contributed by atoms with Crippen molar-refractivity contribution in [1.82, 2.24) is 6.15 Å². The Bertz CT molecular complexity index is 223. The van der Waals surface area contributed by atoms with Crippen molar-refractivity contribution in [2.24, 2.45) is 0 Å². The minimum Gasteiger partial charge on any atom is -0.344 e. The molecule has 0 bridgehead atoms. The van der Waals surface area contributed by atoms with Crippen molar-refractivity contribution in [3.05, 3.63) is 35.9 Å². The van der Waals surface area contributed by atoms with Gasteiger partial charge in [-0.3, -0.25) is 4.79 Å². The molecule has 3 N–H and O–H groups in total. The number of halogens is 1. The van der Waals surface area contributed by atoms with Crippen LogP contribution in [0.25, 0.3) is 0 Å². The van der Waals surface area contributed by atoms with Gasteiger partial charge in [-0.1, -0.05) is 30.3 Å². The Morgan fingerprint density at radius 3 is 2.27 bits per heavy atom. The molecule has 0 saturated heterocycles. The molecule has 0 unspecified atom stereocenters. The van der Waals surface area contributed by atoms with Gasteiger partial charge in [-0.05, 0) is 0 Å². The molecule has 0 saturated carbocycles. The van der Waals surface area contributed by atoms with E-state index in [4.69, 9.17) is 11.6 Å². The zero-order valence-corrected chi connectivity index (χ0v) is 6.84. The third kappa shape index (κ3) is 2.70. The van der Waals surface area contributed by atoms with Crippen LogP contribution in [0.5, 0.6) is 0 Å². The summed E-state index contributed by atoms with van der Waals surface area (Å²) in [5, 5.41) is 0. The average Bonchev–Trinajstić information content (AvgIpc) is 2.05. The molecule has 60 valence electrons. The normalized spacial score (nSPS) is 8.45. The molecule has 0 spiro atoms. The zero-order valence-electron chi connectivity index (χ0n) is 6.09. The highest BCUT2D eigenvalue weighted by Crippen LogP contribution is 2.00. The van der Waals surface area contributed by atoms with E-state index in [-0.39, 0.29) is 17.8 Å². The minimum absolute atomic E-state index is 0. The number of alkyl halides is 1. The molecule has 0 aliphatic heterocycles. The van der Waals surface area contributed by atoms with Gasteiger partial charge in [-0.25, -0.2) is 0 Å². The predicted octanol–water partition coefficient (Wildman–Crippen LogP) is 2.27. The first-order chi connectivity index (χ1) is 4.84. The Labute approximate surface area is 70.8 Å². The molecule has 1 aromatic carbocycles. The van der Waals surface area contributed by atoms with Gasteiger partial charge in [0, 0.05) is 5.56 Å². The van der Waals surface area contributed by atoms with Crippen LogP contribution in [0.15, 0.2) is 30.3 Å². The van der Waals surface area contributed by atoms with Crippen LogP contribution in [-0.2, 0) is 0 Å². The highest BCUT2D eigenvalue weighted by molar-refractivity contribution is 6.30. The van der Waals surface area contributed by atoms with Gasteiger partial charge >= 0.3 is 0 Å². The number of Topliss-reactive ketones (excluding diaryl/α,β-unsaturated/α-hetero) is 1. The predicted molar refractivity (Wildman–Crippen MR) is 46.5 cm³/mol. The zero-order chi connectivity index (χ0) is 7.40. The van der Waals surface area contributed by atoms with Crippen LogP contribution in [-0.4, -0.2) is 11.7 Å². The van der Waals surface area contributed by atoms with Gasteiger partial charge in [0.25, 0.3) is 0 Å². The molecule has 0 aliphatic carbocycles. The van der Waals surface area contributed by atoms with Crippen molar-refractivity contribution in [2.75, 3.05) is 5.88 Å². The smallest absolute Gasteiger partial charge is 0.177 e. The lowest BCUT2D eigenvalue weighted by molar-refractivity contribution is 0.102. The molecule has 0 aromatic heterocycles. The number of hydrogen-bond acceptors (Lipinski definition) is 2. The van der Waals surface area contributed by atoms with Crippen LogP contribution in [0.1, 0.15) is 10.4 Å². The minimum atomic E-state index is -0.0257. The van der Waals surface area contributed by atoms with E-state index in [0.29, 0.717) is 5.56 Å². The second-order valence-corrected chi connectivity index (χ2v) is 2.19. The summed E-state index contributed by atoms with van der Waals surface area (Å²) in [6.45, 7) is 0. The van der Waals surface area contributed by atoms with Gasteiger partial charge in [0.2, 0.25) is 0 Å². The summed E-state index contributed by atoms with van der Waals surface area (Å²) in [5.74, 6) is 0.0339. The third-order valence-electron chi connectivity index (χ3n) is 1.22. The molecular formula is C8H10ClNO. The van der Waals surface area contributed by atoms with Crippen molar-refractivity contribution in [2.45, 2.75) is 0 Å². The van der Waals surface area contributed by atoms with Crippen molar-refractivity contribution < 1.29 is 4.79 Å². The topological polar surface area (TPSA) is 52.1 Å². The number of carbonyl (C=O) groups excluding carboxylic acids is 1. The van der Waals surface area contributed by atoms with Crippen LogP contribution in [0, 0.1) is 0 Å². The highest BCUT2D eigenvalue weighted by Gasteiger charge is 1.99. The number of ketones is 1. The molecule has 11 heavy (non-hydrogen) atoms. The first-order valence-electron chi connectivity index (χ1n) is 2.99. The Balaban J connectivity index is 0.000001000. The van der Waals surface area contributed by atoms with Crippen molar-refractivity contribution in [1.29, 1.82) is 0 Å². The molecule has 0 fully saturated rings. The molecule has 3 heteroatoms. The Morgan fingerprint density at radius 1 is 1.27 bits per heavy atom. The van der Waals surface area contributed by atoms with E-state index in [1.54, 1.807) is 12.1 Å². The van der Waals surface area contributed by atoms with Crippen LogP contribution >= 0.6 is 11.6 Å². The summed E-state index contributed by atoms with van der Waals surface area (Å²) >= 11 is 5.34. The van der Waals surface area contributed by atoms with Crippen LogP contribution in [0.4, 0.5) is 0 Å². The average molecular weight is 172 g/mol. The van der Waals surface area contributed by atoms with Crippen molar-refractivity contribution in [3.63, 3.8) is 0 Å². The quantitative estimate of drug-likeness (QED) is 0.548. The molecule has 0 radical (unpaired) electrons. The van der Waals surface area contributed by atoms with E-state index in [1.165, 1.54) is 0 Å². The maximum absolute atomic E-state index is 10.9.